The molecule has 1 aliphatic heterocycles. The Morgan fingerprint density at radius 1 is 0.929 bits per heavy atom. The van der Waals surface area contributed by atoms with E-state index < -0.39 is 0 Å². The van der Waals surface area contributed by atoms with Crippen molar-refractivity contribution in [1.82, 2.24) is 14.9 Å². The summed E-state index contributed by atoms with van der Waals surface area (Å²) in [5, 5.41) is 4.31. The fourth-order valence-corrected chi connectivity index (χ4v) is 5.04. The molecule has 2 aromatic heterocycles. The van der Waals surface area contributed by atoms with Gasteiger partial charge in [0.1, 0.15) is 6.04 Å². The van der Waals surface area contributed by atoms with Gasteiger partial charge in [0.2, 0.25) is 0 Å². The molecule has 1 saturated carbocycles. The molecule has 4 nitrogen and oxygen atoms in total. The van der Waals surface area contributed by atoms with Crippen molar-refractivity contribution in [3.8, 4) is 0 Å². The molecule has 3 aromatic rings. The van der Waals surface area contributed by atoms with Gasteiger partial charge >= 0.3 is 0 Å². The average Bonchev–Trinajstić information content (AvgIpc) is 3.48. The van der Waals surface area contributed by atoms with Gasteiger partial charge in [0, 0.05) is 29.8 Å². The Bertz CT molecular complexity index is 947. The summed E-state index contributed by atoms with van der Waals surface area (Å²) in [6, 6.07) is 21.6. The molecule has 1 aromatic carbocycles. The summed E-state index contributed by atoms with van der Waals surface area (Å²) in [5.41, 5.74) is 3.44. The molecule has 28 heavy (non-hydrogen) atoms. The molecule has 3 heterocycles. The minimum Gasteiger partial charge on any atom is -0.351 e. The highest BCUT2D eigenvalue weighted by Crippen LogP contribution is 2.43. The number of nitrogens with one attached hydrogen (secondary N) is 1. The van der Waals surface area contributed by atoms with Gasteiger partial charge < -0.3 is 14.8 Å². The summed E-state index contributed by atoms with van der Waals surface area (Å²) in [6.45, 7) is 0. The van der Waals surface area contributed by atoms with Crippen LogP contribution >= 0.6 is 12.2 Å². The second kappa shape index (κ2) is 7.40. The van der Waals surface area contributed by atoms with E-state index in [-0.39, 0.29) is 12.1 Å². The molecule has 0 radical (unpaired) electrons. The van der Waals surface area contributed by atoms with Crippen LogP contribution in [0.3, 0.4) is 0 Å². The largest absolute Gasteiger partial charge is 0.351 e. The third-order valence-corrected chi connectivity index (χ3v) is 6.28. The molecule has 0 amide bonds. The van der Waals surface area contributed by atoms with Crippen molar-refractivity contribution in [2.75, 3.05) is 4.90 Å². The van der Waals surface area contributed by atoms with Gasteiger partial charge in [-0.1, -0.05) is 37.1 Å². The molecule has 142 valence electrons. The van der Waals surface area contributed by atoms with Gasteiger partial charge in [0.15, 0.2) is 5.11 Å². The Hall–Kier alpha value is -2.66. The second-order valence-electron chi connectivity index (χ2n) is 7.61. The number of para-hydroxylation sites is 1. The summed E-state index contributed by atoms with van der Waals surface area (Å²) >= 11 is 5.81. The Balaban J connectivity index is 1.62. The predicted octanol–water partition coefficient (Wildman–Crippen LogP) is 5.18. The van der Waals surface area contributed by atoms with Crippen LogP contribution in [0, 0.1) is 0 Å². The normalized spacial score (nSPS) is 22.6. The van der Waals surface area contributed by atoms with Gasteiger partial charge in [0.05, 0.1) is 11.7 Å². The van der Waals surface area contributed by atoms with E-state index in [0.717, 1.165) is 16.5 Å². The second-order valence-corrected chi connectivity index (χ2v) is 8.00. The fourth-order valence-electron chi connectivity index (χ4n) is 4.69. The Labute approximate surface area is 171 Å². The van der Waals surface area contributed by atoms with Crippen LogP contribution in [0.1, 0.15) is 55.2 Å². The molecule has 2 atom stereocenters. The highest BCUT2D eigenvalue weighted by molar-refractivity contribution is 7.80. The molecule has 5 rings (SSSR count). The lowest BCUT2D eigenvalue weighted by Gasteiger charge is -2.30. The molecular weight excluding hydrogens is 364 g/mol. The number of hydrogen-bond donors (Lipinski definition) is 1. The van der Waals surface area contributed by atoms with E-state index in [1.165, 1.54) is 31.4 Å². The smallest absolute Gasteiger partial charge is 0.174 e. The van der Waals surface area contributed by atoms with Gasteiger partial charge in [-0.25, -0.2) is 0 Å². The van der Waals surface area contributed by atoms with Crippen LogP contribution in [0.25, 0.3) is 0 Å². The highest BCUT2D eigenvalue weighted by atomic mass is 32.1. The summed E-state index contributed by atoms with van der Waals surface area (Å²) in [4.78, 5) is 6.91. The number of benzene rings is 1. The first-order valence-corrected chi connectivity index (χ1v) is 10.5. The molecule has 1 saturated heterocycles. The number of aromatic nitrogens is 2. The summed E-state index contributed by atoms with van der Waals surface area (Å²) in [5.74, 6) is 0. The van der Waals surface area contributed by atoms with E-state index in [4.69, 9.17) is 12.2 Å². The van der Waals surface area contributed by atoms with E-state index in [1.807, 2.05) is 24.4 Å². The Morgan fingerprint density at radius 3 is 2.46 bits per heavy atom. The fraction of sp³-hybridized carbons (Fsp3) is 0.304. The van der Waals surface area contributed by atoms with E-state index in [2.05, 4.69) is 68.4 Å². The minimum atomic E-state index is 0.0176. The van der Waals surface area contributed by atoms with E-state index >= 15 is 0 Å². The Morgan fingerprint density at radius 2 is 1.71 bits per heavy atom. The van der Waals surface area contributed by atoms with Gasteiger partial charge in [0.25, 0.3) is 0 Å². The first kappa shape index (κ1) is 17.4. The molecule has 5 heteroatoms. The van der Waals surface area contributed by atoms with Crippen molar-refractivity contribution in [1.29, 1.82) is 0 Å². The highest BCUT2D eigenvalue weighted by Gasteiger charge is 2.42. The zero-order valence-electron chi connectivity index (χ0n) is 15.7. The van der Waals surface area contributed by atoms with Crippen molar-refractivity contribution in [2.24, 2.45) is 0 Å². The third kappa shape index (κ3) is 3.00. The van der Waals surface area contributed by atoms with Crippen molar-refractivity contribution < 1.29 is 0 Å². The van der Waals surface area contributed by atoms with Crippen LogP contribution in [-0.4, -0.2) is 14.7 Å². The maximum absolute atomic E-state index is 5.81. The number of hydrogen-bond acceptors (Lipinski definition) is 2. The van der Waals surface area contributed by atoms with Crippen LogP contribution in [0.2, 0.25) is 0 Å². The third-order valence-electron chi connectivity index (χ3n) is 5.97. The summed E-state index contributed by atoms with van der Waals surface area (Å²) in [6.07, 6.45) is 9.24. The number of rotatable bonds is 4. The first-order chi connectivity index (χ1) is 13.8. The summed E-state index contributed by atoms with van der Waals surface area (Å²) < 4.78 is 2.49. The van der Waals surface area contributed by atoms with Crippen molar-refractivity contribution in [3.63, 3.8) is 0 Å². The molecule has 2 aliphatic rings. The first-order valence-electron chi connectivity index (χ1n) is 10.1. The molecule has 1 N–H and O–H groups in total. The molecule has 0 bridgehead atoms. The lowest BCUT2D eigenvalue weighted by molar-refractivity contribution is 0.461. The molecule has 0 spiro atoms. The maximum atomic E-state index is 5.81. The quantitative estimate of drug-likeness (QED) is 0.625. The predicted molar refractivity (Wildman–Crippen MR) is 116 cm³/mol. The van der Waals surface area contributed by atoms with Gasteiger partial charge in [-0.05, 0) is 61.5 Å². The van der Waals surface area contributed by atoms with Crippen molar-refractivity contribution >= 4 is 23.0 Å². The zero-order valence-corrected chi connectivity index (χ0v) is 16.6. The van der Waals surface area contributed by atoms with Gasteiger partial charge in [-0.15, -0.1) is 0 Å². The molecule has 2 fully saturated rings. The Kier molecular flexibility index (Phi) is 4.61. The van der Waals surface area contributed by atoms with Crippen molar-refractivity contribution in [3.05, 3.63) is 84.4 Å². The van der Waals surface area contributed by atoms with Gasteiger partial charge in [-0.2, -0.15) is 0 Å². The molecule has 0 unspecified atom stereocenters. The summed E-state index contributed by atoms with van der Waals surface area (Å²) in [7, 11) is 0. The van der Waals surface area contributed by atoms with E-state index in [9.17, 15) is 0 Å². The van der Waals surface area contributed by atoms with Crippen LogP contribution in [0.5, 0.6) is 0 Å². The maximum Gasteiger partial charge on any atom is 0.174 e. The van der Waals surface area contributed by atoms with Crippen LogP contribution in [-0.2, 0) is 0 Å². The van der Waals surface area contributed by atoms with Crippen molar-refractivity contribution in [2.45, 2.75) is 43.8 Å². The van der Waals surface area contributed by atoms with E-state index in [1.54, 1.807) is 0 Å². The van der Waals surface area contributed by atoms with Gasteiger partial charge in [-0.3, -0.25) is 4.98 Å². The number of pyridine rings is 1. The SMILES string of the molecule is S=C1N[C@@H](c2ccccn2)[C@H](c2cccn2C2CCCC2)N1c1ccccc1. The lowest BCUT2D eigenvalue weighted by atomic mass is 10.0. The lowest BCUT2D eigenvalue weighted by Crippen LogP contribution is -2.30. The topological polar surface area (TPSA) is 33.1 Å². The van der Waals surface area contributed by atoms with E-state index in [0.29, 0.717) is 6.04 Å². The number of thiocarbonyl (C=S) groups is 1. The minimum absolute atomic E-state index is 0.0176. The standard InChI is InChI=1S/C23H24N4S/c28-23-25-21(19-13-6-7-15-24-19)22(27(23)18-11-2-1-3-12-18)20-14-8-16-26(20)17-9-4-5-10-17/h1-3,6-8,11-17,21-22H,4-5,9-10H2,(H,25,28)/t21-,22-/m0/s1. The van der Waals surface area contributed by atoms with Crippen LogP contribution in [0.15, 0.2) is 73.1 Å². The average molecular weight is 389 g/mol. The van der Waals surface area contributed by atoms with Crippen LogP contribution < -0.4 is 10.2 Å². The number of nitrogens with zero attached hydrogens (tertiary/aromatic N) is 3. The van der Waals surface area contributed by atoms with Crippen LogP contribution in [0.4, 0.5) is 5.69 Å². The number of anilines is 1. The molecule has 1 aliphatic carbocycles. The monoisotopic (exact) mass is 388 g/mol. The zero-order chi connectivity index (χ0) is 18.9. The molecular formula is C23H24N4S.